The highest BCUT2D eigenvalue weighted by atomic mass is 16.2. The topological polar surface area (TPSA) is 37.4 Å². The van der Waals surface area contributed by atoms with Crippen molar-refractivity contribution in [1.82, 2.24) is 4.90 Å². The van der Waals surface area contributed by atoms with Gasteiger partial charge in [0.05, 0.1) is 6.54 Å². The molecule has 0 aromatic heterocycles. The zero-order chi connectivity index (χ0) is 15.5. The third-order valence-corrected chi connectivity index (χ3v) is 3.09. The van der Waals surface area contributed by atoms with Crippen molar-refractivity contribution in [2.45, 2.75) is 59.8 Å². The number of ketones is 1. The molecule has 0 spiro atoms. The molecular weight excluding hydrogens is 250 g/mol. The van der Waals surface area contributed by atoms with Crippen LogP contribution in [0.4, 0.5) is 0 Å². The highest BCUT2D eigenvalue weighted by Gasteiger charge is 2.08. The second-order valence-corrected chi connectivity index (χ2v) is 5.91. The lowest BCUT2D eigenvalue weighted by Crippen LogP contribution is -2.26. The van der Waals surface area contributed by atoms with Crippen LogP contribution in [-0.4, -0.2) is 30.2 Å². The largest absolute Gasteiger partial charge is 0.335 e. The van der Waals surface area contributed by atoms with E-state index in [-0.39, 0.29) is 11.8 Å². The first-order chi connectivity index (χ1) is 9.34. The van der Waals surface area contributed by atoms with Crippen molar-refractivity contribution in [2.24, 2.45) is 11.8 Å². The Hall–Kier alpha value is -1.30. The fraction of sp³-hybridized carbons (Fsp3) is 0.765. The minimum absolute atomic E-state index is 0.127. The molecule has 0 aromatic carbocycles. The number of nitrogens with zero attached hydrogens (tertiary/aromatic N) is 1. The predicted octanol–water partition coefficient (Wildman–Crippen LogP) is 3.28. The standard InChI is InChI=1S/C17H29NO2/c1-14(2)10-9-13-18(5)17(20)12-8-6-7-11-16(19)15(3)4/h14-15H,6-8,11-13H2,1-5H3. The number of hydrogen-bond acceptors (Lipinski definition) is 2. The number of hydrogen-bond donors (Lipinski definition) is 0. The van der Waals surface area contributed by atoms with Crippen LogP contribution in [0.15, 0.2) is 0 Å². The van der Waals surface area contributed by atoms with Crippen LogP contribution < -0.4 is 0 Å². The van der Waals surface area contributed by atoms with Crippen molar-refractivity contribution in [3.63, 3.8) is 0 Å². The van der Waals surface area contributed by atoms with Gasteiger partial charge in [0.1, 0.15) is 5.78 Å². The molecule has 114 valence electrons. The SMILES string of the molecule is CC(C)C#CCN(C)C(=O)CCCCCC(=O)C(C)C. The van der Waals surface area contributed by atoms with Gasteiger partial charge < -0.3 is 4.90 Å². The maximum absolute atomic E-state index is 11.8. The molecule has 0 saturated heterocycles. The van der Waals surface area contributed by atoms with E-state index in [0.29, 0.717) is 31.1 Å². The molecule has 0 aromatic rings. The van der Waals surface area contributed by atoms with Crippen LogP contribution in [0, 0.1) is 23.7 Å². The Morgan fingerprint density at radius 3 is 2.15 bits per heavy atom. The van der Waals surface area contributed by atoms with Crippen LogP contribution in [-0.2, 0) is 9.59 Å². The molecule has 1 amide bonds. The number of amides is 1. The van der Waals surface area contributed by atoms with Crippen LogP contribution >= 0.6 is 0 Å². The minimum Gasteiger partial charge on any atom is -0.335 e. The maximum atomic E-state index is 11.8. The first-order valence-corrected chi connectivity index (χ1v) is 7.59. The molecule has 0 N–H and O–H groups in total. The zero-order valence-corrected chi connectivity index (χ0v) is 13.7. The molecule has 0 radical (unpaired) electrons. The number of rotatable bonds is 8. The Morgan fingerprint density at radius 2 is 1.60 bits per heavy atom. The van der Waals surface area contributed by atoms with Gasteiger partial charge in [-0.15, -0.1) is 0 Å². The van der Waals surface area contributed by atoms with Crippen molar-refractivity contribution in [2.75, 3.05) is 13.6 Å². The molecular formula is C17H29NO2. The molecule has 0 aliphatic carbocycles. The van der Waals surface area contributed by atoms with E-state index in [9.17, 15) is 9.59 Å². The summed E-state index contributed by atoms with van der Waals surface area (Å²) in [5, 5.41) is 0. The van der Waals surface area contributed by atoms with Gasteiger partial charge in [0, 0.05) is 31.7 Å². The molecule has 0 aliphatic rings. The van der Waals surface area contributed by atoms with E-state index in [1.165, 1.54) is 0 Å². The second kappa shape index (κ2) is 10.5. The van der Waals surface area contributed by atoms with Gasteiger partial charge in [-0.2, -0.15) is 0 Å². The van der Waals surface area contributed by atoms with Crippen molar-refractivity contribution >= 4 is 11.7 Å². The normalized spacial score (nSPS) is 10.3. The third kappa shape index (κ3) is 9.61. The van der Waals surface area contributed by atoms with Crippen molar-refractivity contribution < 1.29 is 9.59 Å². The number of Topliss-reactive ketones (excluding diaryl/α,β-unsaturated/α-hetero) is 1. The summed E-state index contributed by atoms with van der Waals surface area (Å²) in [7, 11) is 1.79. The van der Waals surface area contributed by atoms with Gasteiger partial charge in [0.25, 0.3) is 0 Å². The summed E-state index contributed by atoms with van der Waals surface area (Å²) < 4.78 is 0. The number of unbranched alkanes of at least 4 members (excludes halogenated alkanes) is 2. The molecule has 0 rings (SSSR count). The molecule has 0 aliphatic heterocycles. The average Bonchev–Trinajstić information content (AvgIpc) is 2.36. The van der Waals surface area contributed by atoms with Crippen molar-refractivity contribution in [3.8, 4) is 11.8 Å². The average molecular weight is 279 g/mol. The molecule has 0 saturated carbocycles. The highest BCUT2D eigenvalue weighted by molar-refractivity contribution is 5.80. The maximum Gasteiger partial charge on any atom is 0.223 e. The Morgan fingerprint density at radius 1 is 1.00 bits per heavy atom. The summed E-state index contributed by atoms with van der Waals surface area (Å²) in [6.45, 7) is 8.43. The van der Waals surface area contributed by atoms with E-state index in [1.54, 1.807) is 11.9 Å². The van der Waals surface area contributed by atoms with Gasteiger partial charge in [-0.1, -0.05) is 46.0 Å². The van der Waals surface area contributed by atoms with E-state index < -0.39 is 0 Å². The molecule has 3 nitrogen and oxygen atoms in total. The second-order valence-electron chi connectivity index (χ2n) is 5.91. The van der Waals surface area contributed by atoms with Crippen LogP contribution in [0.1, 0.15) is 59.8 Å². The summed E-state index contributed by atoms with van der Waals surface area (Å²) in [5.41, 5.74) is 0. The summed E-state index contributed by atoms with van der Waals surface area (Å²) in [4.78, 5) is 24.9. The molecule has 0 heterocycles. The van der Waals surface area contributed by atoms with E-state index in [0.717, 1.165) is 19.3 Å². The molecule has 20 heavy (non-hydrogen) atoms. The van der Waals surface area contributed by atoms with E-state index in [1.807, 2.05) is 27.7 Å². The van der Waals surface area contributed by atoms with Crippen molar-refractivity contribution in [1.29, 1.82) is 0 Å². The lowest BCUT2D eigenvalue weighted by molar-refractivity contribution is -0.129. The Labute approximate surface area is 124 Å². The van der Waals surface area contributed by atoms with Crippen LogP contribution in [0.25, 0.3) is 0 Å². The smallest absolute Gasteiger partial charge is 0.223 e. The molecule has 0 atom stereocenters. The summed E-state index contributed by atoms with van der Waals surface area (Å²) in [5.74, 6) is 6.98. The summed E-state index contributed by atoms with van der Waals surface area (Å²) >= 11 is 0. The Bertz CT molecular complexity index is 361. The zero-order valence-electron chi connectivity index (χ0n) is 13.7. The van der Waals surface area contributed by atoms with E-state index >= 15 is 0 Å². The van der Waals surface area contributed by atoms with E-state index in [4.69, 9.17) is 0 Å². The lowest BCUT2D eigenvalue weighted by atomic mass is 10.0. The molecule has 0 bridgehead atoms. The summed E-state index contributed by atoms with van der Waals surface area (Å²) in [6.07, 6.45) is 3.88. The third-order valence-electron chi connectivity index (χ3n) is 3.09. The van der Waals surface area contributed by atoms with Crippen LogP contribution in [0.5, 0.6) is 0 Å². The van der Waals surface area contributed by atoms with Gasteiger partial charge in [0.15, 0.2) is 0 Å². The first kappa shape index (κ1) is 18.7. The van der Waals surface area contributed by atoms with Crippen molar-refractivity contribution in [3.05, 3.63) is 0 Å². The number of carbonyl (C=O) groups excluding carboxylic acids is 2. The van der Waals surface area contributed by atoms with E-state index in [2.05, 4.69) is 11.8 Å². The Balaban J connectivity index is 3.73. The highest BCUT2D eigenvalue weighted by Crippen LogP contribution is 2.08. The lowest BCUT2D eigenvalue weighted by Gasteiger charge is -2.13. The van der Waals surface area contributed by atoms with Gasteiger partial charge in [-0.05, 0) is 12.8 Å². The fourth-order valence-corrected chi connectivity index (χ4v) is 1.69. The molecule has 0 unspecified atom stereocenters. The van der Waals surface area contributed by atoms with Crippen LogP contribution in [0.2, 0.25) is 0 Å². The number of carbonyl (C=O) groups is 2. The van der Waals surface area contributed by atoms with Gasteiger partial charge in [0.2, 0.25) is 5.91 Å². The summed E-state index contributed by atoms with van der Waals surface area (Å²) in [6, 6.07) is 0. The molecule has 0 fully saturated rings. The monoisotopic (exact) mass is 279 g/mol. The van der Waals surface area contributed by atoms with Gasteiger partial charge in [-0.3, -0.25) is 9.59 Å². The Kier molecular flexibility index (Phi) is 9.80. The first-order valence-electron chi connectivity index (χ1n) is 7.59. The molecule has 3 heteroatoms. The van der Waals surface area contributed by atoms with Crippen LogP contribution in [0.3, 0.4) is 0 Å². The quantitative estimate of drug-likeness (QED) is 0.505. The fourth-order valence-electron chi connectivity index (χ4n) is 1.69. The van der Waals surface area contributed by atoms with Gasteiger partial charge >= 0.3 is 0 Å². The van der Waals surface area contributed by atoms with Gasteiger partial charge in [-0.25, -0.2) is 0 Å². The predicted molar refractivity (Wildman–Crippen MR) is 83.2 cm³/mol. The minimum atomic E-state index is 0.127.